The van der Waals surface area contributed by atoms with Gasteiger partial charge in [-0.2, -0.15) is 13.2 Å². The van der Waals surface area contributed by atoms with Gasteiger partial charge >= 0.3 is 6.18 Å². The lowest BCUT2D eigenvalue weighted by molar-refractivity contribution is -0.139. The number of rotatable bonds is 4. The Labute approximate surface area is 185 Å². The van der Waals surface area contributed by atoms with E-state index in [1.54, 1.807) is 18.2 Å². The molecule has 0 atom stereocenters. The molecule has 174 valence electrons. The first-order valence-corrected chi connectivity index (χ1v) is 11.1. The van der Waals surface area contributed by atoms with Crippen molar-refractivity contribution in [2.24, 2.45) is 5.14 Å². The van der Waals surface area contributed by atoms with Gasteiger partial charge in [0.2, 0.25) is 5.16 Å². The van der Waals surface area contributed by atoms with E-state index in [1.165, 1.54) is 11.1 Å². The van der Waals surface area contributed by atoms with E-state index < -0.39 is 38.6 Å². The monoisotopic (exact) mass is 483 g/mol. The van der Waals surface area contributed by atoms with Crippen LogP contribution in [0.15, 0.2) is 47.8 Å². The number of aromatic nitrogens is 2. The van der Waals surface area contributed by atoms with Crippen molar-refractivity contribution in [3.63, 3.8) is 0 Å². The molecular weight excluding hydrogens is 466 g/mol. The summed E-state index contributed by atoms with van der Waals surface area (Å²) in [6.07, 6.45) is -3.12. The molecule has 1 aliphatic rings. The minimum Gasteiger partial charge on any atom is -0.355 e. The molecule has 0 radical (unpaired) electrons. The number of H-pyrrole nitrogens is 1. The van der Waals surface area contributed by atoms with E-state index in [2.05, 4.69) is 15.3 Å². The van der Waals surface area contributed by atoms with Crippen molar-refractivity contribution < 1.29 is 30.8 Å². The number of nitrogens with one attached hydrogen (secondary N) is 2. The molecule has 0 bridgehead atoms. The Morgan fingerprint density at radius 2 is 1.82 bits per heavy atom. The van der Waals surface area contributed by atoms with Gasteiger partial charge in [-0.1, -0.05) is 6.07 Å². The van der Waals surface area contributed by atoms with Crippen LogP contribution in [0.2, 0.25) is 0 Å². The number of nitrogens with zero attached hydrogens (tertiary/aromatic N) is 2. The summed E-state index contributed by atoms with van der Waals surface area (Å²) < 4.78 is 74.6. The number of hydrogen-bond donors (Lipinski definition) is 3. The van der Waals surface area contributed by atoms with Crippen LogP contribution in [0.1, 0.15) is 27.2 Å². The minimum atomic E-state index is -4.77. The second-order valence-corrected chi connectivity index (χ2v) is 8.89. The van der Waals surface area contributed by atoms with Crippen LogP contribution in [0.5, 0.6) is 0 Å². The summed E-state index contributed by atoms with van der Waals surface area (Å²) in [6.45, 7) is 0.586. The highest BCUT2D eigenvalue weighted by molar-refractivity contribution is 7.89. The fraction of sp³-hybridized carbons (Fsp3) is 0.200. The van der Waals surface area contributed by atoms with Gasteiger partial charge in [0, 0.05) is 30.7 Å². The summed E-state index contributed by atoms with van der Waals surface area (Å²) in [6, 6.07) is 7.79. The summed E-state index contributed by atoms with van der Waals surface area (Å²) >= 11 is 0. The van der Waals surface area contributed by atoms with Crippen molar-refractivity contribution in [1.29, 1.82) is 0 Å². The molecule has 0 saturated carbocycles. The lowest BCUT2D eigenvalue weighted by atomic mass is 9.98. The van der Waals surface area contributed by atoms with Gasteiger partial charge in [-0.3, -0.25) is 4.79 Å². The van der Waals surface area contributed by atoms with Crippen LogP contribution < -0.4 is 10.5 Å². The highest BCUT2D eigenvalue weighted by atomic mass is 32.2. The number of hydrogen-bond acceptors (Lipinski definition) is 5. The third-order valence-electron chi connectivity index (χ3n) is 5.11. The molecule has 0 aliphatic carbocycles. The average molecular weight is 483 g/mol. The highest BCUT2D eigenvalue weighted by Crippen LogP contribution is 2.33. The van der Waals surface area contributed by atoms with Gasteiger partial charge in [-0.25, -0.2) is 22.9 Å². The lowest BCUT2D eigenvalue weighted by Crippen LogP contribution is -2.36. The molecule has 4 N–H and O–H groups in total. The maximum Gasteiger partial charge on any atom is 0.419 e. The lowest BCUT2D eigenvalue weighted by Gasteiger charge is -2.28. The number of alkyl halides is 3. The molecule has 8 nitrogen and oxygen atoms in total. The number of halogens is 4. The number of anilines is 2. The third-order valence-corrected chi connectivity index (χ3v) is 5.86. The van der Waals surface area contributed by atoms with Crippen LogP contribution in [0, 0.1) is 5.82 Å². The van der Waals surface area contributed by atoms with Crippen LogP contribution in [0.4, 0.5) is 28.9 Å². The van der Waals surface area contributed by atoms with Crippen LogP contribution >= 0.6 is 0 Å². The van der Waals surface area contributed by atoms with Crippen molar-refractivity contribution in [3.05, 3.63) is 70.8 Å². The third kappa shape index (κ3) is 4.83. The molecular formula is C20H17F4N5O3S. The Hall–Kier alpha value is -3.45. The minimum absolute atomic E-state index is 0.0786. The Morgan fingerprint density at radius 3 is 2.45 bits per heavy atom. The fourth-order valence-corrected chi connectivity index (χ4v) is 3.96. The van der Waals surface area contributed by atoms with Gasteiger partial charge in [-0.05, 0) is 47.9 Å². The quantitative estimate of drug-likeness (QED) is 0.493. The normalized spacial score (nSPS) is 14.2. The smallest absolute Gasteiger partial charge is 0.355 e. The number of carbonyl (C=O) groups excluding carboxylic acids is 1. The predicted molar refractivity (Wildman–Crippen MR) is 110 cm³/mol. The summed E-state index contributed by atoms with van der Waals surface area (Å²) in [5.74, 6) is -1.84. The molecule has 1 aliphatic heterocycles. The van der Waals surface area contributed by atoms with Crippen molar-refractivity contribution in [3.8, 4) is 0 Å². The summed E-state index contributed by atoms with van der Waals surface area (Å²) in [4.78, 5) is 20.3. The van der Waals surface area contributed by atoms with E-state index in [-0.39, 0.29) is 17.9 Å². The number of primary sulfonamides is 1. The second kappa shape index (κ2) is 8.15. The molecule has 4 rings (SSSR count). The Bertz CT molecular complexity index is 1340. The van der Waals surface area contributed by atoms with Gasteiger partial charge in [0.05, 0.1) is 5.56 Å². The van der Waals surface area contributed by atoms with E-state index >= 15 is 0 Å². The zero-order valence-electron chi connectivity index (χ0n) is 16.8. The first kappa shape index (κ1) is 22.7. The molecule has 33 heavy (non-hydrogen) atoms. The van der Waals surface area contributed by atoms with Gasteiger partial charge in [0.15, 0.2) is 0 Å². The summed E-state index contributed by atoms with van der Waals surface area (Å²) in [5, 5.41) is 7.37. The highest BCUT2D eigenvalue weighted by Gasteiger charge is 2.34. The molecule has 2 aromatic carbocycles. The van der Waals surface area contributed by atoms with Crippen molar-refractivity contribution >= 4 is 27.3 Å². The molecule has 0 saturated heterocycles. The molecule has 3 aromatic rings. The number of imidazole rings is 1. The van der Waals surface area contributed by atoms with Crippen molar-refractivity contribution in [1.82, 2.24) is 14.9 Å². The largest absolute Gasteiger partial charge is 0.419 e. The maximum atomic E-state index is 13.8. The number of fused-ring (bicyclic) bond motifs is 1. The number of carbonyl (C=O) groups is 1. The molecule has 2 heterocycles. The fourth-order valence-electron chi connectivity index (χ4n) is 3.51. The van der Waals surface area contributed by atoms with E-state index in [0.717, 1.165) is 23.3 Å². The molecule has 1 aromatic heterocycles. The van der Waals surface area contributed by atoms with Crippen LogP contribution in [-0.4, -0.2) is 35.7 Å². The van der Waals surface area contributed by atoms with E-state index in [4.69, 9.17) is 5.14 Å². The molecule has 13 heteroatoms. The standard InChI is InChI=1S/C20H17F4N5O3S/c21-16-8-14(3-4-15(16)20(22,23)24)27-13-2-1-12-10-29(6-5-11(12)7-13)18(30)17-9-26-19(28-17)33(25,31)32/h1-4,7-9,27H,5-6,10H2,(H,26,28)(H2,25,31,32). The first-order valence-electron chi connectivity index (χ1n) is 9.55. The van der Waals surface area contributed by atoms with Gasteiger partial charge < -0.3 is 15.2 Å². The zero-order valence-corrected chi connectivity index (χ0v) is 17.6. The average Bonchev–Trinajstić information content (AvgIpc) is 3.23. The predicted octanol–water partition coefficient (Wildman–Crippen LogP) is 3.16. The van der Waals surface area contributed by atoms with Gasteiger partial charge in [0.25, 0.3) is 15.9 Å². The van der Waals surface area contributed by atoms with Crippen molar-refractivity contribution in [2.45, 2.75) is 24.3 Å². The Morgan fingerprint density at radius 1 is 1.12 bits per heavy atom. The number of benzene rings is 2. The summed E-state index contributed by atoms with van der Waals surface area (Å²) in [5.41, 5.74) is 1.04. The molecule has 0 spiro atoms. The van der Waals surface area contributed by atoms with E-state index in [9.17, 15) is 30.8 Å². The van der Waals surface area contributed by atoms with Gasteiger partial charge in [-0.15, -0.1) is 0 Å². The maximum absolute atomic E-state index is 13.8. The summed E-state index contributed by atoms with van der Waals surface area (Å²) in [7, 11) is -4.06. The number of aromatic amines is 1. The SMILES string of the molecule is NS(=O)(=O)c1nc(C(=O)N2CCc3cc(Nc4ccc(C(F)(F)F)c(F)c4)ccc3C2)c[nH]1. The van der Waals surface area contributed by atoms with Crippen LogP contribution in [0.3, 0.4) is 0 Å². The number of sulfonamides is 1. The molecule has 0 fully saturated rings. The first-order chi connectivity index (χ1) is 15.4. The molecule has 1 amide bonds. The van der Waals surface area contributed by atoms with E-state index in [0.29, 0.717) is 24.7 Å². The van der Waals surface area contributed by atoms with Crippen molar-refractivity contribution in [2.75, 3.05) is 11.9 Å². The molecule has 0 unspecified atom stereocenters. The topological polar surface area (TPSA) is 121 Å². The Kier molecular flexibility index (Phi) is 5.62. The van der Waals surface area contributed by atoms with E-state index in [1.807, 2.05) is 0 Å². The van der Waals surface area contributed by atoms with Crippen LogP contribution in [-0.2, 0) is 29.2 Å². The van der Waals surface area contributed by atoms with Gasteiger partial charge in [0.1, 0.15) is 11.5 Å². The number of amides is 1. The van der Waals surface area contributed by atoms with Crippen LogP contribution in [0.25, 0.3) is 0 Å². The second-order valence-electron chi connectivity index (χ2n) is 7.41. The zero-order chi connectivity index (χ0) is 24.0. The number of nitrogens with two attached hydrogens (primary N) is 1. The Balaban J connectivity index is 1.47.